The largest absolute Gasteiger partial charge is 0.416 e. The molecule has 1 aromatic rings. The molecule has 1 N–H and O–H groups in total. The van der Waals surface area contributed by atoms with Gasteiger partial charge >= 0.3 is 6.18 Å². The zero-order chi connectivity index (χ0) is 19.0. The van der Waals surface area contributed by atoms with E-state index in [1.54, 1.807) is 0 Å². The molecule has 25 heavy (non-hydrogen) atoms. The lowest BCUT2D eigenvalue weighted by atomic mass is 10.1. The molecular weight excluding hydrogens is 405 g/mol. The van der Waals surface area contributed by atoms with Crippen molar-refractivity contribution in [1.82, 2.24) is 9.03 Å². The van der Waals surface area contributed by atoms with Crippen LogP contribution in [-0.2, 0) is 26.2 Å². The average molecular weight is 421 g/mol. The van der Waals surface area contributed by atoms with Crippen LogP contribution in [0.3, 0.4) is 0 Å². The number of piperidine rings is 1. The summed E-state index contributed by atoms with van der Waals surface area (Å²) in [7, 11) is -7.64. The van der Waals surface area contributed by atoms with E-state index in [4.69, 9.17) is 11.6 Å². The fraction of sp³-hybridized carbons (Fsp3) is 0.538. The van der Waals surface area contributed by atoms with Crippen LogP contribution in [0.25, 0.3) is 0 Å². The number of hydrogen-bond donors (Lipinski definition) is 1. The van der Waals surface area contributed by atoms with Crippen LogP contribution in [0.4, 0.5) is 13.2 Å². The number of benzene rings is 1. The summed E-state index contributed by atoms with van der Waals surface area (Å²) in [4.78, 5) is -0.658. The predicted molar refractivity (Wildman–Crippen MR) is 86.2 cm³/mol. The summed E-state index contributed by atoms with van der Waals surface area (Å²) < 4.78 is 89.5. The highest BCUT2D eigenvalue weighted by atomic mass is 35.5. The first-order valence-electron chi connectivity index (χ1n) is 7.15. The fourth-order valence-corrected chi connectivity index (χ4v) is 5.18. The van der Waals surface area contributed by atoms with Crippen LogP contribution in [0.2, 0.25) is 5.02 Å². The van der Waals surface area contributed by atoms with Crippen LogP contribution in [0.1, 0.15) is 18.4 Å². The van der Waals surface area contributed by atoms with Crippen molar-refractivity contribution in [3.8, 4) is 0 Å². The Bertz CT molecular complexity index is 849. The highest BCUT2D eigenvalue weighted by molar-refractivity contribution is 7.89. The molecule has 0 spiro atoms. The molecule has 2 rings (SSSR count). The van der Waals surface area contributed by atoms with Crippen LogP contribution >= 0.6 is 11.6 Å². The fourth-order valence-electron chi connectivity index (χ4n) is 2.47. The van der Waals surface area contributed by atoms with Crippen molar-refractivity contribution in [2.24, 2.45) is 0 Å². The maximum Gasteiger partial charge on any atom is 0.416 e. The molecule has 0 aromatic heterocycles. The van der Waals surface area contributed by atoms with E-state index in [0.29, 0.717) is 12.1 Å². The molecule has 0 saturated carbocycles. The summed E-state index contributed by atoms with van der Waals surface area (Å²) in [5, 5.41) is -0.325. The van der Waals surface area contributed by atoms with Crippen LogP contribution in [-0.4, -0.2) is 46.5 Å². The quantitative estimate of drug-likeness (QED) is 0.808. The molecule has 0 atom stereocenters. The van der Waals surface area contributed by atoms with Gasteiger partial charge < -0.3 is 0 Å². The normalized spacial score (nSPS) is 18.4. The molecule has 1 heterocycles. The van der Waals surface area contributed by atoms with Crippen molar-refractivity contribution >= 4 is 31.6 Å². The van der Waals surface area contributed by atoms with Gasteiger partial charge in [-0.25, -0.2) is 25.9 Å². The van der Waals surface area contributed by atoms with Crippen LogP contribution in [0, 0.1) is 0 Å². The Balaban J connectivity index is 2.18. The second-order valence-corrected chi connectivity index (χ2v) is 9.77. The molecule has 1 aliphatic rings. The smallest absolute Gasteiger partial charge is 0.213 e. The Morgan fingerprint density at radius 1 is 1.16 bits per heavy atom. The highest BCUT2D eigenvalue weighted by Gasteiger charge is 2.34. The molecule has 1 aliphatic heterocycles. The maximum atomic E-state index is 12.8. The third kappa shape index (κ3) is 5.07. The summed E-state index contributed by atoms with van der Waals surface area (Å²) in [6, 6.07) is 1.47. The molecule has 0 amide bonds. The minimum absolute atomic E-state index is 0.127. The number of halogens is 4. The van der Waals surface area contributed by atoms with Gasteiger partial charge in [0.25, 0.3) is 0 Å². The van der Waals surface area contributed by atoms with E-state index in [0.717, 1.165) is 12.3 Å². The van der Waals surface area contributed by atoms with Gasteiger partial charge in [0, 0.05) is 19.1 Å². The lowest BCUT2D eigenvalue weighted by Crippen LogP contribution is -2.46. The van der Waals surface area contributed by atoms with Crippen molar-refractivity contribution in [3.63, 3.8) is 0 Å². The average Bonchev–Trinajstić information content (AvgIpc) is 2.45. The van der Waals surface area contributed by atoms with Crippen molar-refractivity contribution in [1.29, 1.82) is 0 Å². The third-order valence-electron chi connectivity index (χ3n) is 3.79. The molecule has 12 heteroatoms. The number of rotatable bonds is 4. The molecule has 0 unspecified atom stereocenters. The SMILES string of the molecule is CS(=O)(=O)N1CCC(NS(=O)(=O)c2cc(C(F)(F)F)ccc2Cl)CC1. The molecule has 1 saturated heterocycles. The number of alkyl halides is 3. The van der Waals surface area contributed by atoms with E-state index >= 15 is 0 Å². The Morgan fingerprint density at radius 2 is 1.72 bits per heavy atom. The molecular formula is C13H16ClF3N2O4S2. The maximum absolute atomic E-state index is 12.8. The summed E-state index contributed by atoms with van der Waals surface area (Å²) in [5.41, 5.74) is -1.12. The molecule has 0 aliphatic carbocycles. The van der Waals surface area contributed by atoms with Gasteiger partial charge in [0.1, 0.15) is 4.90 Å². The lowest BCUT2D eigenvalue weighted by Gasteiger charge is -2.30. The van der Waals surface area contributed by atoms with Gasteiger partial charge in [-0.2, -0.15) is 13.2 Å². The second-order valence-electron chi connectivity index (χ2n) is 5.70. The monoisotopic (exact) mass is 420 g/mol. The standard InChI is InChI=1S/C13H16ClF3N2O4S2/c1-24(20,21)19-6-4-10(5-7-19)18-25(22,23)12-8-9(13(15,16)17)2-3-11(12)14/h2-3,8,10,18H,4-7H2,1H3. The van der Waals surface area contributed by atoms with Crippen LogP contribution < -0.4 is 4.72 Å². The topological polar surface area (TPSA) is 83.6 Å². The van der Waals surface area contributed by atoms with E-state index in [-0.39, 0.29) is 31.0 Å². The minimum atomic E-state index is -4.70. The zero-order valence-corrected chi connectivity index (χ0v) is 15.4. The van der Waals surface area contributed by atoms with E-state index < -0.39 is 42.7 Å². The molecule has 1 aromatic carbocycles. The lowest BCUT2D eigenvalue weighted by molar-refractivity contribution is -0.137. The number of sulfonamides is 2. The molecule has 6 nitrogen and oxygen atoms in total. The summed E-state index contributed by atoms with van der Waals surface area (Å²) in [6.07, 6.45) is -3.22. The van der Waals surface area contributed by atoms with Gasteiger partial charge in [-0.15, -0.1) is 0 Å². The van der Waals surface area contributed by atoms with Crippen LogP contribution in [0.15, 0.2) is 23.1 Å². The van der Waals surface area contributed by atoms with Crippen LogP contribution in [0.5, 0.6) is 0 Å². The van der Waals surface area contributed by atoms with Gasteiger partial charge in [-0.1, -0.05) is 11.6 Å². The van der Waals surface area contributed by atoms with E-state index in [9.17, 15) is 30.0 Å². The summed E-state index contributed by atoms with van der Waals surface area (Å²) >= 11 is 5.76. The Labute approximate surface area is 149 Å². The van der Waals surface area contributed by atoms with Gasteiger partial charge in [0.15, 0.2) is 0 Å². The Hall–Kier alpha value is -0.880. The van der Waals surface area contributed by atoms with Crippen molar-refractivity contribution in [2.45, 2.75) is 30.0 Å². The Morgan fingerprint density at radius 3 is 2.20 bits per heavy atom. The van der Waals surface area contributed by atoms with Gasteiger partial charge in [-0.3, -0.25) is 0 Å². The van der Waals surface area contributed by atoms with Gasteiger partial charge in [0.2, 0.25) is 20.0 Å². The van der Waals surface area contributed by atoms with E-state index in [2.05, 4.69) is 4.72 Å². The van der Waals surface area contributed by atoms with Gasteiger partial charge in [-0.05, 0) is 31.0 Å². The van der Waals surface area contributed by atoms with Crippen molar-refractivity contribution in [3.05, 3.63) is 28.8 Å². The second kappa shape index (κ2) is 7.03. The zero-order valence-electron chi connectivity index (χ0n) is 13.0. The molecule has 1 fully saturated rings. The molecule has 0 radical (unpaired) electrons. The highest BCUT2D eigenvalue weighted by Crippen LogP contribution is 2.33. The van der Waals surface area contributed by atoms with E-state index in [1.807, 2.05) is 0 Å². The van der Waals surface area contributed by atoms with E-state index in [1.165, 1.54) is 4.31 Å². The van der Waals surface area contributed by atoms with Crippen molar-refractivity contribution < 1.29 is 30.0 Å². The van der Waals surface area contributed by atoms with Gasteiger partial charge in [0.05, 0.1) is 16.8 Å². The first kappa shape index (κ1) is 20.4. The third-order valence-corrected chi connectivity index (χ3v) is 7.10. The number of nitrogens with one attached hydrogen (secondary N) is 1. The summed E-state index contributed by atoms with van der Waals surface area (Å²) in [6.45, 7) is 0.255. The first-order valence-corrected chi connectivity index (χ1v) is 10.9. The number of nitrogens with zero attached hydrogens (tertiary/aromatic N) is 1. The number of hydrogen-bond acceptors (Lipinski definition) is 4. The van der Waals surface area contributed by atoms with Crippen molar-refractivity contribution in [2.75, 3.05) is 19.3 Å². The molecule has 142 valence electrons. The first-order chi connectivity index (χ1) is 11.3. The Kier molecular flexibility index (Phi) is 5.74. The predicted octanol–water partition coefficient (Wildman–Crippen LogP) is 2.06. The molecule has 0 bridgehead atoms. The minimum Gasteiger partial charge on any atom is -0.213 e. The summed E-state index contributed by atoms with van der Waals surface area (Å²) in [5.74, 6) is 0.